The van der Waals surface area contributed by atoms with E-state index >= 15 is 0 Å². The molecule has 0 N–H and O–H groups in total. The maximum Gasteiger partial charge on any atom is 0.0952 e. The molecule has 10 unspecified atom stereocenters. The van der Waals surface area contributed by atoms with Crippen molar-refractivity contribution in [2.75, 3.05) is 0 Å². The van der Waals surface area contributed by atoms with Gasteiger partial charge in [0.05, 0.1) is 8.07 Å². The third kappa shape index (κ3) is 5.79. The third-order valence-electron chi connectivity index (χ3n) is 13.7. The lowest BCUT2D eigenvalue weighted by atomic mass is 9.74. The average Bonchev–Trinajstić information content (AvgIpc) is 3.54. The Morgan fingerprint density at radius 2 is 0.857 bits per heavy atom. The zero-order valence-electron chi connectivity index (χ0n) is 32.5. The minimum atomic E-state index is -2.35. The molecule has 2 saturated carbocycles. The van der Waals surface area contributed by atoms with Gasteiger partial charge in [0.2, 0.25) is 0 Å². The summed E-state index contributed by atoms with van der Waals surface area (Å²) in [7, 11) is -2.35. The van der Waals surface area contributed by atoms with E-state index in [9.17, 15) is 0 Å². The molecule has 1 aromatic carbocycles. The molecule has 7 rings (SSSR count). The van der Waals surface area contributed by atoms with Gasteiger partial charge >= 0.3 is 0 Å². The van der Waals surface area contributed by atoms with Crippen LogP contribution in [0.25, 0.3) is 0 Å². The van der Waals surface area contributed by atoms with Gasteiger partial charge < -0.3 is 0 Å². The van der Waals surface area contributed by atoms with Crippen LogP contribution in [0.15, 0.2) is 126 Å². The monoisotopic (exact) mass is 668 g/mol. The summed E-state index contributed by atoms with van der Waals surface area (Å²) in [5, 5.41) is 1.73. The Morgan fingerprint density at radius 1 is 0.490 bits per heavy atom. The van der Waals surface area contributed by atoms with E-state index in [0.29, 0.717) is 58.4 Å². The van der Waals surface area contributed by atoms with Crippen molar-refractivity contribution in [1.82, 2.24) is 0 Å². The first-order chi connectivity index (χ1) is 23.1. The number of allylic oxidation sites excluding steroid dienone is 16. The highest BCUT2D eigenvalue weighted by molar-refractivity contribution is 6.94. The van der Waals surface area contributed by atoms with Crippen LogP contribution in [0.3, 0.4) is 0 Å². The van der Waals surface area contributed by atoms with Gasteiger partial charge in [-0.2, -0.15) is 0 Å². The predicted molar refractivity (Wildman–Crippen MR) is 215 cm³/mol. The lowest BCUT2D eigenvalue weighted by Crippen LogP contribution is -2.60. The van der Waals surface area contributed by atoms with Gasteiger partial charge in [-0.3, -0.25) is 0 Å². The van der Waals surface area contributed by atoms with E-state index in [0.717, 1.165) is 0 Å². The van der Waals surface area contributed by atoms with E-state index in [1.165, 1.54) is 18.0 Å². The summed E-state index contributed by atoms with van der Waals surface area (Å²) in [6.45, 7) is 26.7. The topological polar surface area (TPSA) is 0 Å². The van der Waals surface area contributed by atoms with Crippen molar-refractivity contribution in [3.05, 3.63) is 126 Å². The van der Waals surface area contributed by atoms with Crippen LogP contribution in [0.2, 0.25) is 17.1 Å². The Bertz CT molecular complexity index is 1630. The van der Waals surface area contributed by atoms with Gasteiger partial charge in [0.1, 0.15) is 0 Å². The maximum atomic E-state index is 2.83. The summed E-state index contributed by atoms with van der Waals surface area (Å²) in [6.07, 6.45) is 33.1. The quantitative estimate of drug-likeness (QED) is 0.274. The molecule has 1 heteroatoms. The molecule has 0 saturated heterocycles. The van der Waals surface area contributed by atoms with Crippen LogP contribution in [0.5, 0.6) is 0 Å². The fourth-order valence-electron chi connectivity index (χ4n) is 11.6. The first-order valence-electron chi connectivity index (χ1n) is 19.7. The molecule has 0 aromatic heterocycles. The van der Waals surface area contributed by atoms with Gasteiger partial charge in [-0.25, -0.2) is 0 Å². The van der Waals surface area contributed by atoms with Crippen molar-refractivity contribution >= 4 is 13.3 Å². The Kier molecular flexibility index (Phi) is 8.70. The summed E-state index contributed by atoms with van der Waals surface area (Å²) in [5.41, 5.74) is 7.80. The van der Waals surface area contributed by atoms with E-state index in [-0.39, 0.29) is 16.2 Å². The first kappa shape index (κ1) is 34.8. The second kappa shape index (κ2) is 12.2. The molecule has 0 aliphatic heterocycles. The van der Waals surface area contributed by atoms with E-state index < -0.39 is 8.07 Å². The zero-order chi connectivity index (χ0) is 35.1. The molecule has 0 heterocycles. The number of hydrogen-bond acceptors (Lipinski definition) is 0. The molecular formula is C48H64Si. The van der Waals surface area contributed by atoms with Crippen molar-refractivity contribution in [2.45, 2.75) is 99.7 Å². The highest BCUT2D eigenvalue weighted by atomic mass is 28.3. The molecule has 0 nitrogen and oxygen atoms in total. The van der Waals surface area contributed by atoms with Crippen LogP contribution in [-0.4, -0.2) is 8.07 Å². The van der Waals surface area contributed by atoms with E-state index in [1.54, 1.807) is 21.9 Å². The van der Waals surface area contributed by atoms with Crippen molar-refractivity contribution in [3.8, 4) is 0 Å². The molecule has 0 bridgehead atoms. The summed E-state index contributed by atoms with van der Waals surface area (Å²) in [5.74, 6) is 4.52. The van der Waals surface area contributed by atoms with Gasteiger partial charge in [-0.1, -0.05) is 196 Å². The molecule has 1 aromatic rings. The standard InChI is InChI=1S/C48H64Si/c1-12-26-49(35-16-14-13-15-17-35,44-40-27-31(2)18-22-36(40)37-23-19-32(28-41(37)44)46(3,4)5)45-42-29-33(47(6,7)8)20-24-38(42)39-25-21-34(30-43(39)45)48(9,10)11/h13-25,27-30,36-45H,12,26H2,1-11H3. The minimum Gasteiger partial charge on any atom is -0.0800 e. The van der Waals surface area contributed by atoms with Crippen molar-refractivity contribution in [2.24, 2.45) is 63.6 Å². The fraction of sp³-hybridized carbons (Fsp3) is 0.542. The minimum absolute atomic E-state index is 0.139. The van der Waals surface area contributed by atoms with E-state index in [4.69, 9.17) is 0 Å². The SMILES string of the molecule is CCC[Si](c1ccccc1)(C1C2C=C(C)C=CC2C2C=CC(C(C)(C)C)=CC21)C1C2C=C(C(C)(C)C)C=CC2C2C=CC(C(C)(C)C)=CC21. The zero-order valence-corrected chi connectivity index (χ0v) is 33.5. The number of fused-ring (bicyclic) bond motifs is 6. The van der Waals surface area contributed by atoms with Gasteiger partial charge in [0.25, 0.3) is 0 Å². The largest absolute Gasteiger partial charge is 0.0952 e. The molecular weight excluding hydrogens is 605 g/mol. The molecule has 10 atom stereocenters. The Hall–Kier alpha value is -2.64. The Labute approximate surface area is 301 Å². The second-order valence-corrected chi connectivity index (χ2v) is 24.3. The van der Waals surface area contributed by atoms with Crippen molar-refractivity contribution in [3.63, 3.8) is 0 Å². The van der Waals surface area contributed by atoms with Crippen LogP contribution in [-0.2, 0) is 0 Å². The van der Waals surface area contributed by atoms with Gasteiger partial charge in [-0.15, -0.1) is 0 Å². The predicted octanol–water partition coefficient (Wildman–Crippen LogP) is 12.6. The van der Waals surface area contributed by atoms with Crippen LogP contribution in [0.4, 0.5) is 0 Å². The fourth-order valence-corrected chi connectivity index (χ4v) is 19.4. The molecule has 0 radical (unpaired) electrons. The summed E-state index contributed by atoms with van der Waals surface area (Å²) in [4.78, 5) is 0. The maximum absolute atomic E-state index is 2.83. The summed E-state index contributed by atoms with van der Waals surface area (Å²) >= 11 is 0. The number of rotatable bonds is 5. The molecule has 6 aliphatic carbocycles. The van der Waals surface area contributed by atoms with Crippen LogP contribution < -0.4 is 5.19 Å². The van der Waals surface area contributed by atoms with Crippen molar-refractivity contribution in [1.29, 1.82) is 0 Å². The van der Waals surface area contributed by atoms with Crippen LogP contribution >= 0.6 is 0 Å². The first-order valence-corrected chi connectivity index (χ1v) is 22.1. The molecule has 2 fully saturated rings. The van der Waals surface area contributed by atoms with Gasteiger partial charge in [-0.05, 0) is 98.3 Å². The molecule has 260 valence electrons. The molecule has 6 aliphatic rings. The van der Waals surface area contributed by atoms with E-state index in [1.807, 2.05) is 0 Å². The van der Waals surface area contributed by atoms with Crippen LogP contribution in [0, 0.1) is 63.6 Å². The average molecular weight is 669 g/mol. The highest BCUT2D eigenvalue weighted by Gasteiger charge is 2.66. The Balaban J connectivity index is 1.54. The molecule has 0 spiro atoms. The normalized spacial score (nSPS) is 36.1. The molecule has 0 amide bonds. The third-order valence-corrected chi connectivity index (χ3v) is 20.4. The van der Waals surface area contributed by atoms with Crippen LogP contribution in [0.1, 0.15) is 82.6 Å². The van der Waals surface area contributed by atoms with Gasteiger partial charge in [0, 0.05) is 0 Å². The molecule has 49 heavy (non-hydrogen) atoms. The highest BCUT2D eigenvalue weighted by Crippen LogP contribution is 2.68. The Morgan fingerprint density at radius 3 is 1.22 bits per heavy atom. The lowest BCUT2D eigenvalue weighted by Gasteiger charge is -2.51. The lowest BCUT2D eigenvalue weighted by molar-refractivity contribution is 0.433. The van der Waals surface area contributed by atoms with Crippen molar-refractivity contribution < 1.29 is 0 Å². The van der Waals surface area contributed by atoms with E-state index in [2.05, 4.69) is 179 Å². The second-order valence-electron chi connectivity index (χ2n) is 19.8. The number of hydrogen-bond donors (Lipinski definition) is 0. The smallest absolute Gasteiger partial charge is 0.0800 e. The summed E-state index contributed by atoms with van der Waals surface area (Å²) in [6, 6.07) is 13.6. The summed E-state index contributed by atoms with van der Waals surface area (Å²) < 4.78 is 0. The number of benzene rings is 1. The van der Waals surface area contributed by atoms with Gasteiger partial charge in [0.15, 0.2) is 0 Å².